The first-order chi connectivity index (χ1) is 5.65. The quantitative estimate of drug-likeness (QED) is 0.469. The van der Waals surface area contributed by atoms with Gasteiger partial charge in [-0.05, 0) is 30.7 Å². The van der Waals surface area contributed by atoms with E-state index < -0.39 is 0 Å². The first kappa shape index (κ1) is 8.54. The van der Waals surface area contributed by atoms with Gasteiger partial charge in [0.05, 0.1) is 5.69 Å². The lowest BCUT2D eigenvalue weighted by atomic mass is 10.2. The molecule has 0 aromatic heterocycles. The predicted octanol–water partition coefficient (Wildman–Crippen LogP) is 2.05. The van der Waals surface area contributed by atoms with Gasteiger partial charge in [-0.15, -0.1) is 0 Å². The minimum atomic E-state index is -0.245. The van der Waals surface area contributed by atoms with Gasteiger partial charge in [0.15, 0.2) is 6.19 Å². The van der Waals surface area contributed by atoms with Crippen molar-refractivity contribution in [3.8, 4) is 6.19 Å². The number of halogens is 1. The van der Waals surface area contributed by atoms with Crippen molar-refractivity contribution < 1.29 is 4.39 Å². The molecule has 0 saturated carbocycles. The van der Waals surface area contributed by atoms with E-state index in [0.717, 1.165) is 0 Å². The van der Waals surface area contributed by atoms with Crippen molar-refractivity contribution in [3.63, 3.8) is 0 Å². The van der Waals surface area contributed by atoms with Gasteiger partial charge in [0.25, 0.3) is 0 Å². The van der Waals surface area contributed by atoms with E-state index in [1.165, 1.54) is 11.0 Å². The van der Waals surface area contributed by atoms with Crippen LogP contribution in [0, 0.1) is 24.2 Å². The number of rotatable bonds is 1. The maximum absolute atomic E-state index is 12.8. The van der Waals surface area contributed by atoms with Gasteiger partial charge < -0.3 is 0 Å². The van der Waals surface area contributed by atoms with E-state index in [4.69, 9.17) is 5.26 Å². The van der Waals surface area contributed by atoms with Gasteiger partial charge in [-0.2, -0.15) is 5.26 Å². The fourth-order valence-electron chi connectivity index (χ4n) is 0.895. The van der Waals surface area contributed by atoms with Crippen molar-refractivity contribution in [3.05, 3.63) is 29.6 Å². The minimum absolute atomic E-state index is 0.245. The molecule has 0 aliphatic rings. The van der Waals surface area contributed by atoms with Crippen LogP contribution in [0.2, 0.25) is 0 Å². The summed E-state index contributed by atoms with van der Waals surface area (Å²) in [7, 11) is 1.63. The number of nitriles is 1. The van der Waals surface area contributed by atoms with Crippen molar-refractivity contribution in [2.45, 2.75) is 6.92 Å². The normalized spacial score (nSPS) is 9.17. The van der Waals surface area contributed by atoms with Crippen molar-refractivity contribution in [1.29, 1.82) is 5.26 Å². The highest BCUT2D eigenvalue weighted by Crippen LogP contribution is 2.16. The molecule has 0 aliphatic heterocycles. The van der Waals surface area contributed by atoms with Crippen LogP contribution in [-0.2, 0) is 0 Å². The second-order valence-electron chi connectivity index (χ2n) is 2.59. The molecule has 0 fully saturated rings. The van der Waals surface area contributed by atoms with Crippen LogP contribution in [0.1, 0.15) is 5.56 Å². The molecule has 0 saturated heterocycles. The maximum Gasteiger partial charge on any atom is 0.183 e. The molecule has 0 atom stereocenters. The third-order valence-corrected chi connectivity index (χ3v) is 1.68. The molecule has 0 spiro atoms. The van der Waals surface area contributed by atoms with Gasteiger partial charge in [-0.3, -0.25) is 4.90 Å². The Bertz CT molecular complexity index is 328. The van der Waals surface area contributed by atoms with Gasteiger partial charge >= 0.3 is 0 Å². The average Bonchev–Trinajstić information content (AvgIpc) is 2.08. The highest BCUT2D eigenvalue weighted by Gasteiger charge is 2.01. The molecule has 1 rings (SSSR count). The summed E-state index contributed by atoms with van der Waals surface area (Å²) in [4.78, 5) is 1.38. The molecule has 0 amide bonds. The number of aryl methyl sites for hydroxylation is 1. The Labute approximate surface area is 70.8 Å². The summed E-state index contributed by atoms with van der Waals surface area (Å²) in [5.41, 5.74) is 1.26. The summed E-state index contributed by atoms with van der Waals surface area (Å²) in [6.45, 7) is 1.67. The van der Waals surface area contributed by atoms with Crippen LogP contribution >= 0.6 is 0 Å². The summed E-state index contributed by atoms with van der Waals surface area (Å²) in [6, 6.07) is 4.57. The molecule has 3 heteroatoms. The summed E-state index contributed by atoms with van der Waals surface area (Å²) >= 11 is 0. The lowest BCUT2D eigenvalue weighted by Gasteiger charge is -2.09. The molecule has 1 aromatic carbocycles. The molecule has 0 N–H and O–H groups in total. The molecule has 0 bridgehead atoms. The first-order valence-electron chi connectivity index (χ1n) is 3.55. The fraction of sp³-hybridized carbons (Fsp3) is 0.222. The van der Waals surface area contributed by atoms with E-state index >= 15 is 0 Å². The first-order valence-corrected chi connectivity index (χ1v) is 3.55. The van der Waals surface area contributed by atoms with E-state index in [1.807, 2.05) is 6.19 Å². The monoisotopic (exact) mass is 164 g/mol. The Hall–Kier alpha value is -1.56. The number of hydrogen-bond donors (Lipinski definition) is 0. The Morgan fingerprint density at radius 1 is 1.50 bits per heavy atom. The van der Waals surface area contributed by atoms with E-state index in [1.54, 1.807) is 26.1 Å². The standard InChI is InChI=1S/C9H9FN2/c1-7-5-8(12(2)6-11)3-4-9(7)10/h3-5H,1-2H3. The molecule has 0 unspecified atom stereocenters. The largest absolute Gasteiger partial charge is 0.283 e. The zero-order chi connectivity index (χ0) is 9.14. The van der Waals surface area contributed by atoms with Crippen LogP contribution in [0.4, 0.5) is 10.1 Å². The van der Waals surface area contributed by atoms with Crippen LogP contribution in [0.3, 0.4) is 0 Å². The number of anilines is 1. The van der Waals surface area contributed by atoms with E-state index in [2.05, 4.69) is 0 Å². The van der Waals surface area contributed by atoms with E-state index in [0.29, 0.717) is 11.3 Å². The fourth-order valence-corrected chi connectivity index (χ4v) is 0.895. The summed E-state index contributed by atoms with van der Waals surface area (Å²) in [5, 5.41) is 8.53. The summed E-state index contributed by atoms with van der Waals surface area (Å²) in [5.74, 6) is -0.245. The van der Waals surface area contributed by atoms with Crippen LogP contribution in [-0.4, -0.2) is 7.05 Å². The molecule has 2 nitrogen and oxygen atoms in total. The smallest absolute Gasteiger partial charge is 0.183 e. The van der Waals surface area contributed by atoms with Crippen LogP contribution in [0.25, 0.3) is 0 Å². The van der Waals surface area contributed by atoms with Gasteiger partial charge in [-0.1, -0.05) is 0 Å². The van der Waals surface area contributed by atoms with E-state index in [-0.39, 0.29) is 5.82 Å². The second kappa shape index (κ2) is 3.22. The van der Waals surface area contributed by atoms with Gasteiger partial charge in [-0.25, -0.2) is 4.39 Å². The number of benzene rings is 1. The molecule has 62 valence electrons. The lowest BCUT2D eigenvalue weighted by Crippen LogP contribution is -2.08. The number of hydrogen-bond acceptors (Lipinski definition) is 2. The van der Waals surface area contributed by atoms with E-state index in [9.17, 15) is 4.39 Å². The van der Waals surface area contributed by atoms with Crippen molar-refractivity contribution in [2.75, 3.05) is 11.9 Å². The van der Waals surface area contributed by atoms with Crippen LogP contribution in [0.5, 0.6) is 0 Å². The van der Waals surface area contributed by atoms with Gasteiger partial charge in [0.2, 0.25) is 0 Å². The molecule has 1 aromatic rings. The summed E-state index contributed by atoms with van der Waals surface area (Å²) in [6.07, 6.45) is 1.94. The lowest BCUT2D eigenvalue weighted by molar-refractivity contribution is 0.618. The SMILES string of the molecule is Cc1cc(N(C)C#N)ccc1F. The zero-order valence-electron chi connectivity index (χ0n) is 7.00. The Balaban J connectivity index is 3.06. The summed E-state index contributed by atoms with van der Waals surface area (Å²) < 4.78 is 12.8. The van der Waals surface area contributed by atoms with Gasteiger partial charge in [0, 0.05) is 7.05 Å². The number of nitrogens with zero attached hydrogens (tertiary/aromatic N) is 2. The minimum Gasteiger partial charge on any atom is -0.283 e. The van der Waals surface area contributed by atoms with Crippen LogP contribution in [0.15, 0.2) is 18.2 Å². The third kappa shape index (κ3) is 1.54. The van der Waals surface area contributed by atoms with Crippen molar-refractivity contribution in [1.82, 2.24) is 0 Å². The molecule has 0 heterocycles. The predicted molar refractivity (Wildman–Crippen MR) is 45.2 cm³/mol. The Kier molecular flexibility index (Phi) is 2.29. The maximum atomic E-state index is 12.8. The third-order valence-electron chi connectivity index (χ3n) is 1.68. The Morgan fingerprint density at radius 2 is 2.17 bits per heavy atom. The highest BCUT2D eigenvalue weighted by atomic mass is 19.1. The van der Waals surface area contributed by atoms with Gasteiger partial charge in [0.1, 0.15) is 5.82 Å². The molecular weight excluding hydrogens is 155 g/mol. The van der Waals surface area contributed by atoms with Crippen molar-refractivity contribution in [2.24, 2.45) is 0 Å². The Morgan fingerprint density at radius 3 is 2.67 bits per heavy atom. The average molecular weight is 164 g/mol. The zero-order valence-corrected chi connectivity index (χ0v) is 7.00. The second-order valence-corrected chi connectivity index (χ2v) is 2.59. The van der Waals surface area contributed by atoms with Crippen LogP contribution < -0.4 is 4.90 Å². The van der Waals surface area contributed by atoms with Crippen molar-refractivity contribution >= 4 is 5.69 Å². The molecule has 0 aliphatic carbocycles. The highest BCUT2D eigenvalue weighted by molar-refractivity contribution is 5.51. The molecular formula is C9H9FN2. The topological polar surface area (TPSA) is 27.0 Å². The molecule has 12 heavy (non-hydrogen) atoms. The molecule has 0 radical (unpaired) electrons.